The second-order valence-electron chi connectivity index (χ2n) is 6.36. The van der Waals surface area contributed by atoms with Gasteiger partial charge in [-0.05, 0) is 54.4 Å². The van der Waals surface area contributed by atoms with Gasteiger partial charge in [-0.3, -0.25) is 4.79 Å². The van der Waals surface area contributed by atoms with Gasteiger partial charge in [-0.1, -0.05) is 37.3 Å². The Balaban J connectivity index is 1.46. The van der Waals surface area contributed by atoms with Crippen LogP contribution in [0.1, 0.15) is 12.5 Å². The van der Waals surface area contributed by atoms with Gasteiger partial charge in [0.05, 0.1) is 11.4 Å². The molecular weight excluding hydrogens is 368 g/mol. The second-order valence-corrected chi connectivity index (χ2v) is 7.41. The number of aryl methyl sites for hydroxylation is 1. The summed E-state index contributed by atoms with van der Waals surface area (Å²) in [6.07, 6.45) is 1.00. The van der Waals surface area contributed by atoms with Crippen LogP contribution in [0.2, 0.25) is 0 Å². The largest absolute Gasteiger partial charge is 0.325 e. The fourth-order valence-electron chi connectivity index (χ4n) is 2.84. The minimum Gasteiger partial charge on any atom is -0.325 e. The lowest BCUT2D eigenvalue weighted by Crippen LogP contribution is -2.13. The highest BCUT2D eigenvalue weighted by atomic mass is 32.2. The normalized spacial score (nSPS) is 10.9. The van der Waals surface area contributed by atoms with Gasteiger partial charge in [0.15, 0.2) is 0 Å². The van der Waals surface area contributed by atoms with Crippen LogP contribution in [0.15, 0.2) is 77.7 Å². The van der Waals surface area contributed by atoms with E-state index < -0.39 is 0 Å². The van der Waals surface area contributed by atoms with Crippen molar-refractivity contribution in [3.05, 3.63) is 78.4 Å². The Kier molecular flexibility index (Phi) is 5.39. The number of hydrogen-bond acceptors (Lipinski definition) is 4. The average Bonchev–Trinajstić information content (AvgIpc) is 3.16. The molecule has 0 fully saturated rings. The third kappa shape index (κ3) is 4.23. The van der Waals surface area contributed by atoms with Crippen molar-refractivity contribution in [2.75, 3.05) is 11.1 Å². The van der Waals surface area contributed by atoms with Crippen LogP contribution in [0.25, 0.3) is 16.7 Å². The fraction of sp³-hybridized carbons (Fsp3) is 0.136. The van der Waals surface area contributed by atoms with Crippen LogP contribution in [-0.4, -0.2) is 26.7 Å². The molecule has 4 rings (SSSR count). The Morgan fingerprint density at radius 2 is 1.71 bits per heavy atom. The highest BCUT2D eigenvalue weighted by molar-refractivity contribution is 8.00. The van der Waals surface area contributed by atoms with Gasteiger partial charge in [-0.15, -0.1) is 22.0 Å². The zero-order chi connectivity index (χ0) is 19.3. The molecule has 140 valence electrons. The number of thioether (sulfide) groups is 1. The Hall–Kier alpha value is -3.12. The van der Waals surface area contributed by atoms with Crippen molar-refractivity contribution in [3.63, 3.8) is 0 Å². The minimum absolute atomic E-state index is 0.0456. The highest BCUT2D eigenvalue weighted by Gasteiger charge is 2.08. The van der Waals surface area contributed by atoms with Crippen molar-refractivity contribution in [2.24, 2.45) is 0 Å². The van der Waals surface area contributed by atoms with Crippen molar-refractivity contribution in [3.8, 4) is 5.69 Å². The zero-order valence-electron chi connectivity index (χ0n) is 15.5. The SMILES string of the molecule is CCc1ccc(-n2nc3ccc(NC(=O)CSc4ccccc4)cc3n2)cc1. The first-order valence-corrected chi connectivity index (χ1v) is 10.1. The molecule has 1 amide bonds. The molecule has 0 aliphatic carbocycles. The number of nitrogens with zero attached hydrogens (tertiary/aromatic N) is 3. The van der Waals surface area contributed by atoms with E-state index in [0.29, 0.717) is 5.75 Å². The first-order chi connectivity index (χ1) is 13.7. The molecule has 1 aromatic heterocycles. The number of fused-ring (bicyclic) bond motifs is 1. The minimum atomic E-state index is -0.0456. The Morgan fingerprint density at radius 1 is 0.964 bits per heavy atom. The molecule has 0 saturated carbocycles. The first kappa shape index (κ1) is 18.3. The van der Waals surface area contributed by atoms with Crippen LogP contribution < -0.4 is 5.32 Å². The summed E-state index contributed by atoms with van der Waals surface area (Å²) in [7, 11) is 0. The van der Waals surface area contributed by atoms with Crippen molar-refractivity contribution in [1.82, 2.24) is 15.0 Å². The Bertz CT molecular complexity index is 1090. The maximum Gasteiger partial charge on any atom is 0.234 e. The fourth-order valence-corrected chi connectivity index (χ4v) is 3.55. The summed E-state index contributed by atoms with van der Waals surface area (Å²) >= 11 is 1.51. The lowest BCUT2D eigenvalue weighted by molar-refractivity contribution is -0.113. The Morgan fingerprint density at radius 3 is 2.46 bits per heavy atom. The van der Waals surface area contributed by atoms with Gasteiger partial charge in [-0.2, -0.15) is 4.80 Å². The maximum absolute atomic E-state index is 12.2. The molecule has 0 saturated heterocycles. The van der Waals surface area contributed by atoms with E-state index >= 15 is 0 Å². The van der Waals surface area contributed by atoms with E-state index in [1.54, 1.807) is 4.80 Å². The number of rotatable bonds is 6. The van der Waals surface area contributed by atoms with Crippen LogP contribution in [0.4, 0.5) is 5.69 Å². The lowest BCUT2D eigenvalue weighted by atomic mass is 10.2. The Labute approximate surface area is 167 Å². The van der Waals surface area contributed by atoms with Gasteiger partial charge >= 0.3 is 0 Å². The average molecular weight is 388 g/mol. The zero-order valence-corrected chi connectivity index (χ0v) is 16.3. The molecule has 3 aromatic carbocycles. The van der Waals surface area contributed by atoms with Crippen LogP contribution in [0.5, 0.6) is 0 Å². The van der Waals surface area contributed by atoms with Crippen molar-refractivity contribution < 1.29 is 4.79 Å². The molecule has 1 heterocycles. The van der Waals surface area contributed by atoms with E-state index in [9.17, 15) is 4.79 Å². The van der Waals surface area contributed by atoms with Crippen LogP contribution in [0.3, 0.4) is 0 Å². The van der Waals surface area contributed by atoms with Gasteiger partial charge in [-0.25, -0.2) is 0 Å². The van der Waals surface area contributed by atoms with Gasteiger partial charge in [0.1, 0.15) is 11.0 Å². The van der Waals surface area contributed by atoms with Crippen molar-refractivity contribution in [1.29, 1.82) is 0 Å². The summed E-state index contributed by atoms with van der Waals surface area (Å²) in [6, 6.07) is 23.7. The molecule has 0 atom stereocenters. The number of carbonyl (C=O) groups excluding carboxylic acids is 1. The molecule has 6 heteroatoms. The number of hydrogen-bond donors (Lipinski definition) is 1. The molecule has 0 aliphatic rings. The van der Waals surface area contributed by atoms with Gasteiger partial charge in [0.2, 0.25) is 5.91 Å². The number of nitrogens with one attached hydrogen (secondary N) is 1. The van der Waals surface area contributed by atoms with Gasteiger partial charge in [0.25, 0.3) is 0 Å². The molecule has 4 aromatic rings. The maximum atomic E-state index is 12.2. The third-order valence-electron chi connectivity index (χ3n) is 4.35. The van der Waals surface area contributed by atoms with Crippen LogP contribution in [0, 0.1) is 0 Å². The van der Waals surface area contributed by atoms with E-state index in [1.165, 1.54) is 17.3 Å². The van der Waals surface area contributed by atoms with E-state index in [2.05, 4.69) is 34.6 Å². The summed E-state index contributed by atoms with van der Waals surface area (Å²) < 4.78 is 0. The number of carbonyl (C=O) groups is 1. The summed E-state index contributed by atoms with van der Waals surface area (Å²) in [5, 5.41) is 12.0. The summed E-state index contributed by atoms with van der Waals surface area (Å²) in [5.41, 5.74) is 4.45. The summed E-state index contributed by atoms with van der Waals surface area (Å²) in [4.78, 5) is 14.9. The summed E-state index contributed by atoms with van der Waals surface area (Å²) in [6.45, 7) is 2.13. The molecule has 0 spiro atoms. The van der Waals surface area contributed by atoms with E-state index in [0.717, 1.165) is 33.7 Å². The second kappa shape index (κ2) is 8.27. The number of benzene rings is 3. The lowest BCUT2D eigenvalue weighted by Gasteiger charge is -2.04. The van der Waals surface area contributed by atoms with E-state index in [-0.39, 0.29) is 5.91 Å². The number of aromatic nitrogens is 3. The van der Waals surface area contributed by atoms with E-state index in [1.807, 2.05) is 60.7 Å². The predicted molar refractivity (Wildman–Crippen MR) is 114 cm³/mol. The van der Waals surface area contributed by atoms with Crippen molar-refractivity contribution >= 4 is 34.4 Å². The summed E-state index contributed by atoms with van der Waals surface area (Å²) in [5.74, 6) is 0.314. The molecular formula is C22H20N4OS. The smallest absolute Gasteiger partial charge is 0.234 e. The molecule has 0 radical (unpaired) electrons. The van der Waals surface area contributed by atoms with E-state index in [4.69, 9.17) is 0 Å². The van der Waals surface area contributed by atoms with Crippen molar-refractivity contribution in [2.45, 2.75) is 18.2 Å². The van der Waals surface area contributed by atoms with Gasteiger partial charge in [0, 0.05) is 10.6 Å². The molecule has 0 bridgehead atoms. The first-order valence-electron chi connectivity index (χ1n) is 9.15. The number of anilines is 1. The molecule has 28 heavy (non-hydrogen) atoms. The third-order valence-corrected chi connectivity index (χ3v) is 5.36. The topological polar surface area (TPSA) is 59.8 Å². The molecule has 1 N–H and O–H groups in total. The van der Waals surface area contributed by atoms with Crippen LogP contribution in [-0.2, 0) is 11.2 Å². The molecule has 0 aliphatic heterocycles. The standard InChI is InChI=1S/C22H20N4OS/c1-2-16-8-11-18(12-9-16)26-24-20-13-10-17(14-21(20)25-26)23-22(27)15-28-19-6-4-3-5-7-19/h3-14H,2,15H2,1H3,(H,23,27). The highest BCUT2D eigenvalue weighted by Crippen LogP contribution is 2.20. The monoisotopic (exact) mass is 388 g/mol. The quantitative estimate of drug-likeness (QED) is 0.486. The molecule has 0 unspecified atom stereocenters. The molecule has 5 nitrogen and oxygen atoms in total. The van der Waals surface area contributed by atoms with Crippen LogP contribution >= 0.6 is 11.8 Å². The predicted octanol–water partition coefficient (Wildman–Crippen LogP) is 4.71. The number of amides is 1. The van der Waals surface area contributed by atoms with Gasteiger partial charge < -0.3 is 5.32 Å².